The number of aliphatic hydroxyl groups is 1. The van der Waals surface area contributed by atoms with E-state index in [4.69, 9.17) is 24.0 Å². The van der Waals surface area contributed by atoms with Crippen LogP contribution in [0.3, 0.4) is 0 Å². The van der Waals surface area contributed by atoms with Crippen molar-refractivity contribution in [2.24, 2.45) is 23.7 Å². The molecule has 214 valence electrons. The van der Waals surface area contributed by atoms with Crippen molar-refractivity contribution < 1.29 is 38.7 Å². The fraction of sp³-hybridized carbons (Fsp3) is 0.548. The molecule has 1 saturated carbocycles. The van der Waals surface area contributed by atoms with Crippen LogP contribution < -0.4 is 5.32 Å². The van der Waals surface area contributed by atoms with Gasteiger partial charge in [0, 0.05) is 23.8 Å². The number of ether oxygens (including phenoxy) is 3. The largest absolute Gasteiger partial charge is 0.433 e. The maximum absolute atomic E-state index is 13.5. The molecule has 5 fully saturated rings. The van der Waals surface area contributed by atoms with Crippen molar-refractivity contribution in [3.8, 4) is 0 Å². The Morgan fingerprint density at radius 1 is 0.975 bits per heavy atom. The summed E-state index contributed by atoms with van der Waals surface area (Å²) < 4.78 is 18.5. The van der Waals surface area contributed by atoms with Gasteiger partial charge in [0.25, 0.3) is 5.91 Å². The van der Waals surface area contributed by atoms with Crippen LogP contribution in [0, 0.1) is 23.7 Å². The first-order valence-corrected chi connectivity index (χ1v) is 14.2. The molecular weight excluding hydrogens is 514 g/mol. The first kappa shape index (κ1) is 27.4. The van der Waals surface area contributed by atoms with Crippen molar-refractivity contribution in [3.05, 3.63) is 71.8 Å². The number of fused-ring (bicyclic) bond motifs is 2. The molecule has 4 heterocycles. The number of benzene rings is 2. The lowest BCUT2D eigenvalue weighted by molar-refractivity contribution is -0.576. The number of amides is 1. The van der Waals surface area contributed by atoms with Gasteiger partial charge >= 0.3 is 5.97 Å². The van der Waals surface area contributed by atoms with Gasteiger partial charge < -0.3 is 24.6 Å². The topological polar surface area (TPSA) is 113 Å². The second-order valence-corrected chi connectivity index (χ2v) is 11.9. The molecule has 2 aromatic rings. The van der Waals surface area contributed by atoms with Crippen molar-refractivity contribution in [2.45, 2.75) is 82.6 Å². The molecule has 10 atom stereocenters. The van der Waals surface area contributed by atoms with Crippen molar-refractivity contribution >= 4 is 11.9 Å². The number of aliphatic hydroxyl groups excluding tert-OH is 1. The van der Waals surface area contributed by atoms with Gasteiger partial charge in [-0.2, -0.15) is 0 Å². The van der Waals surface area contributed by atoms with E-state index in [9.17, 15) is 14.7 Å². The van der Waals surface area contributed by atoms with Crippen LogP contribution in [0.1, 0.15) is 68.4 Å². The van der Waals surface area contributed by atoms with Crippen LogP contribution >= 0.6 is 0 Å². The lowest BCUT2D eigenvalue weighted by atomic mass is 9.58. The third kappa shape index (κ3) is 4.63. The summed E-state index contributed by atoms with van der Waals surface area (Å²) >= 11 is 0. The second kappa shape index (κ2) is 10.5. The van der Waals surface area contributed by atoms with Crippen LogP contribution in [0.4, 0.5) is 0 Å². The monoisotopic (exact) mass is 551 g/mol. The first-order valence-electron chi connectivity index (χ1n) is 14.2. The molecule has 9 nitrogen and oxygen atoms in total. The molecule has 1 aliphatic carbocycles. The van der Waals surface area contributed by atoms with E-state index in [1.165, 1.54) is 0 Å². The molecule has 1 spiro atoms. The molecule has 7 rings (SSSR count). The van der Waals surface area contributed by atoms with Crippen molar-refractivity contribution in [2.75, 3.05) is 0 Å². The minimum absolute atomic E-state index is 0.0345. The van der Waals surface area contributed by atoms with Crippen molar-refractivity contribution in [3.63, 3.8) is 0 Å². The summed E-state index contributed by atoms with van der Waals surface area (Å²) in [5, 5.41) is 14.1. The molecular formula is C31H37NO8. The number of carbonyl (C=O) groups excluding carboxylic acids is 2. The third-order valence-corrected chi connectivity index (χ3v) is 9.37. The third-order valence-electron chi connectivity index (χ3n) is 9.37. The Kier molecular flexibility index (Phi) is 7.21. The predicted molar refractivity (Wildman–Crippen MR) is 142 cm³/mol. The van der Waals surface area contributed by atoms with E-state index in [1.807, 2.05) is 26.0 Å². The summed E-state index contributed by atoms with van der Waals surface area (Å²) in [6, 6.07) is 16.5. The van der Waals surface area contributed by atoms with Gasteiger partial charge in [-0.3, -0.25) is 4.79 Å². The van der Waals surface area contributed by atoms with E-state index >= 15 is 0 Å². The number of hydrogen-bond donors (Lipinski definition) is 2. The number of nitrogens with one attached hydrogen (secondary N) is 1. The molecule has 4 saturated heterocycles. The molecule has 2 aromatic carbocycles. The lowest BCUT2D eigenvalue weighted by Gasteiger charge is -2.59. The summed E-state index contributed by atoms with van der Waals surface area (Å²) in [6.07, 6.45) is 0.00394. The van der Waals surface area contributed by atoms with Crippen LogP contribution in [-0.4, -0.2) is 47.1 Å². The Balaban J connectivity index is 1.23. The zero-order chi connectivity index (χ0) is 28.1. The maximum Gasteiger partial charge on any atom is 0.339 e. The number of esters is 1. The van der Waals surface area contributed by atoms with Gasteiger partial charge in [0.05, 0.1) is 6.04 Å². The van der Waals surface area contributed by atoms with Gasteiger partial charge in [-0.15, -0.1) is 0 Å². The number of carbonyl (C=O) groups is 2. The van der Waals surface area contributed by atoms with Gasteiger partial charge in [0.2, 0.25) is 12.1 Å². The fourth-order valence-electron chi connectivity index (χ4n) is 7.15. The predicted octanol–water partition coefficient (Wildman–Crippen LogP) is 4.27. The summed E-state index contributed by atoms with van der Waals surface area (Å²) in [5.74, 6) is -1.95. The van der Waals surface area contributed by atoms with Crippen LogP contribution in [0.5, 0.6) is 0 Å². The van der Waals surface area contributed by atoms with Crippen LogP contribution in [-0.2, 0) is 28.8 Å². The first-order chi connectivity index (χ1) is 19.2. The zero-order valence-corrected chi connectivity index (χ0v) is 23.0. The lowest BCUT2D eigenvalue weighted by Crippen LogP contribution is -2.70. The van der Waals surface area contributed by atoms with E-state index in [2.05, 4.69) is 12.2 Å². The molecule has 5 aliphatic rings. The van der Waals surface area contributed by atoms with Gasteiger partial charge in [-0.25, -0.2) is 14.6 Å². The Morgan fingerprint density at radius 2 is 1.68 bits per heavy atom. The van der Waals surface area contributed by atoms with E-state index < -0.39 is 48.0 Å². The maximum atomic E-state index is 13.5. The van der Waals surface area contributed by atoms with Gasteiger partial charge in [0.1, 0.15) is 0 Å². The smallest absolute Gasteiger partial charge is 0.339 e. The summed E-state index contributed by atoms with van der Waals surface area (Å²) in [6.45, 7) is 6.04. The highest BCUT2D eigenvalue weighted by Crippen LogP contribution is 2.60. The van der Waals surface area contributed by atoms with Gasteiger partial charge in [0.15, 0.2) is 18.0 Å². The van der Waals surface area contributed by atoms with E-state index in [1.54, 1.807) is 48.5 Å². The highest BCUT2D eigenvalue weighted by Gasteiger charge is 2.69. The molecule has 40 heavy (non-hydrogen) atoms. The van der Waals surface area contributed by atoms with Gasteiger partial charge in [-0.1, -0.05) is 62.4 Å². The normalized spacial score (nSPS) is 37.9. The van der Waals surface area contributed by atoms with Gasteiger partial charge in [-0.05, 0) is 55.7 Å². The van der Waals surface area contributed by atoms with Crippen molar-refractivity contribution in [1.29, 1.82) is 0 Å². The van der Waals surface area contributed by atoms with Crippen LogP contribution in [0.25, 0.3) is 0 Å². The second-order valence-electron chi connectivity index (χ2n) is 11.9. The van der Waals surface area contributed by atoms with E-state index in [0.717, 1.165) is 19.3 Å². The van der Waals surface area contributed by atoms with Crippen molar-refractivity contribution in [1.82, 2.24) is 5.32 Å². The average Bonchev–Trinajstić information content (AvgIpc) is 3.20. The zero-order valence-electron chi connectivity index (χ0n) is 23.0. The minimum atomic E-state index is -1.68. The molecule has 2 N–H and O–H groups in total. The Morgan fingerprint density at radius 3 is 2.40 bits per heavy atom. The number of rotatable bonds is 6. The fourth-order valence-corrected chi connectivity index (χ4v) is 7.15. The SMILES string of the molecule is C[C@H]1[C@H](OC(=O)[C@H](O)[C@@H](NC(=O)c2ccccc2)c2ccccc2)O[C@@H]2O[C@@]3(C)CC[C@H]4[C@H](C)CC[C@@H]1[C@@]24OO3. The highest BCUT2D eigenvalue weighted by atomic mass is 17.3. The molecule has 1 amide bonds. The average molecular weight is 552 g/mol. The Labute approximate surface area is 234 Å². The van der Waals surface area contributed by atoms with E-state index in [0.29, 0.717) is 23.5 Å². The standard InChI is InChI=1S/C31H37NO8/c1-18-14-15-23-19(2)28(37-29-31(23)22(18)16-17-30(3,38-29)39-40-31)36-27(35)25(33)24(20-10-6-4-7-11-20)32-26(34)21-12-8-5-9-13-21/h4-13,18-19,22-25,28-29,33H,14-17H2,1-3H3,(H,32,34)/t18-,19-,22+,23+,24+,25-,28-,29-,30-,31-/m1/s1. The van der Waals surface area contributed by atoms with Crippen LogP contribution in [0.15, 0.2) is 60.7 Å². The number of hydrogen-bond acceptors (Lipinski definition) is 8. The minimum Gasteiger partial charge on any atom is -0.433 e. The summed E-state index contributed by atoms with van der Waals surface area (Å²) in [4.78, 5) is 38.5. The Hall–Kier alpha value is -2.82. The molecule has 9 heteroatoms. The molecule has 0 aromatic heterocycles. The summed E-state index contributed by atoms with van der Waals surface area (Å²) in [5.41, 5.74) is 0.195. The Bertz CT molecular complexity index is 1230. The highest BCUT2D eigenvalue weighted by molar-refractivity contribution is 5.94. The van der Waals surface area contributed by atoms with Crippen LogP contribution in [0.2, 0.25) is 0 Å². The molecule has 0 radical (unpaired) electrons. The quantitative estimate of drug-likeness (QED) is 0.404. The molecule has 2 bridgehead atoms. The summed E-state index contributed by atoms with van der Waals surface area (Å²) in [7, 11) is 0. The molecule has 4 aliphatic heterocycles. The van der Waals surface area contributed by atoms with E-state index in [-0.39, 0.29) is 17.8 Å². The molecule has 0 unspecified atom stereocenters.